The summed E-state index contributed by atoms with van der Waals surface area (Å²) in [5.41, 5.74) is 0.787. The van der Waals surface area contributed by atoms with Crippen molar-refractivity contribution >= 4 is 29.3 Å². The van der Waals surface area contributed by atoms with E-state index >= 15 is 0 Å². The van der Waals surface area contributed by atoms with Gasteiger partial charge in [0, 0.05) is 54.9 Å². The average Bonchev–Trinajstić information content (AvgIpc) is 3.61. The van der Waals surface area contributed by atoms with E-state index in [1.807, 2.05) is 29.2 Å². The third-order valence-corrected chi connectivity index (χ3v) is 8.52. The van der Waals surface area contributed by atoms with E-state index in [4.69, 9.17) is 4.74 Å². The number of amides is 2. The summed E-state index contributed by atoms with van der Waals surface area (Å²) in [4.78, 5) is 29.2. The number of anilines is 1. The number of benzene rings is 2. The summed E-state index contributed by atoms with van der Waals surface area (Å²) in [5, 5.41) is 2.89. The van der Waals surface area contributed by atoms with Crippen molar-refractivity contribution in [2.24, 2.45) is 5.92 Å². The number of morpholine rings is 1. The van der Waals surface area contributed by atoms with Crippen molar-refractivity contribution in [2.45, 2.75) is 47.6 Å². The lowest BCUT2D eigenvalue weighted by Gasteiger charge is -2.30. The predicted molar refractivity (Wildman–Crippen MR) is 139 cm³/mol. The number of carbonyl (C=O) groups excluding carboxylic acids is 2. The number of halogens is 3. The molecule has 0 radical (unpaired) electrons. The van der Waals surface area contributed by atoms with Gasteiger partial charge in [0.15, 0.2) is 0 Å². The molecule has 2 heterocycles. The first-order valence-corrected chi connectivity index (χ1v) is 14.0. The highest BCUT2D eigenvalue weighted by Gasteiger charge is 2.45. The van der Waals surface area contributed by atoms with E-state index in [0.29, 0.717) is 64.2 Å². The van der Waals surface area contributed by atoms with Crippen LogP contribution in [0.15, 0.2) is 52.3 Å². The molecule has 2 aromatic rings. The van der Waals surface area contributed by atoms with Crippen molar-refractivity contribution in [2.75, 3.05) is 50.8 Å². The lowest BCUT2D eigenvalue weighted by Crippen LogP contribution is -2.36. The van der Waals surface area contributed by atoms with Gasteiger partial charge in [-0.1, -0.05) is 30.0 Å². The zero-order valence-corrected chi connectivity index (χ0v) is 22.0. The Kier molecular flexibility index (Phi) is 8.18. The van der Waals surface area contributed by atoms with Crippen LogP contribution in [0.3, 0.4) is 0 Å². The van der Waals surface area contributed by atoms with Crippen molar-refractivity contribution < 1.29 is 27.5 Å². The molecule has 38 heavy (non-hydrogen) atoms. The smallest absolute Gasteiger partial charge is 0.378 e. The second kappa shape index (κ2) is 11.6. The summed E-state index contributed by atoms with van der Waals surface area (Å²) >= 11 is 1.12. The highest BCUT2D eigenvalue weighted by Crippen LogP contribution is 2.50. The molecular weight excluding hydrogens is 515 g/mol. The number of alkyl halides is 3. The first-order valence-electron chi connectivity index (χ1n) is 13.2. The molecule has 6 nitrogen and oxygen atoms in total. The number of likely N-dealkylation sites (tertiary alicyclic amines) is 1. The zero-order valence-electron chi connectivity index (χ0n) is 21.1. The molecule has 0 spiro atoms. The summed E-state index contributed by atoms with van der Waals surface area (Å²) in [6, 6.07) is 12.0. The minimum Gasteiger partial charge on any atom is -0.378 e. The van der Waals surface area contributed by atoms with Gasteiger partial charge in [-0.25, -0.2) is 0 Å². The van der Waals surface area contributed by atoms with Gasteiger partial charge in [-0.15, -0.1) is 0 Å². The zero-order chi connectivity index (χ0) is 26.7. The Bertz CT molecular complexity index is 1170. The molecule has 1 N–H and O–H groups in total. The van der Waals surface area contributed by atoms with Crippen molar-refractivity contribution in [3.8, 4) is 0 Å². The summed E-state index contributed by atoms with van der Waals surface area (Å²) in [5.74, 6) is -0.500. The molecule has 2 saturated heterocycles. The Labute approximate surface area is 224 Å². The lowest BCUT2D eigenvalue weighted by atomic mass is 10.0. The Hall–Kier alpha value is -2.72. The van der Waals surface area contributed by atoms with Crippen LogP contribution in [0.5, 0.6) is 0 Å². The maximum absolute atomic E-state index is 14.1. The third-order valence-electron chi connectivity index (χ3n) is 7.38. The Morgan fingerprint density at radius 1 is 1.08 bits per heavy atom. The van der Waals surface area contributed by atoms with Crippen LogP contribution in [-0.2, 0) is 20.5 Å². The molecule has 0 aromatic heterocycles. The van der Waals surface area contributed by atoms with Crippen LogP contribution < -0.4 is 10.2 Å². The van der Waals surface area contributed by atoms with Gasteiger partial charge in [0.05, 0.1) is 24.5 Å². The van der Waals surface area contributed by atoms with Crippen molar-refractivity contribution in [1.82, 2.24) is 10.2 Å². The lowest BCUT2D eigenvalue weighted by molar-refractivity contribution is -0.139. The van der Waals surface area contributed by atoms with Gasteiger partial charge in [-0.2, -0.15) is 13.2 Å². The number of nitrogens with zero attached hydrogens (tertiary/aromatic N) is 2. The molecule has 2 aliphatic heterocycles. The topological polar surface area (TPSA) is 61.9 Å². The Morgan fingerprint density at radius 2 is 1.87 bits per heavy atom. The van der Waals surface area contributed by atoms with Gasteiger partial charge < -0.3 is 19.9 Å². The highest BCUT2D eigenvalue weighted by molar-refractivity contribution is 7.99. The largest absolute Gasteiger partial charge is 0.417 e. The van der Waals surface area contributed by atoms with Crippen LogP contribution >= 0.6 is 11.8 Å². The summed E-state index contributed by atoms with van der Waals surface area (Å²) in [7, 11) is 0. The maximum Gasteiger partial charge on any atom is 0.417 e. The van der Waals surface area contributed by atoms with E-state index in [0.717, 1.165) is 35.3 Å². The van der Waals surface area contributed by atoms with Crippen molar-refractivity contribution in [3.63, 3.8) is 0 Å². The van der Waals surface area contributed by atoms with Gasteiger partial charge in [0.2, 0.25) is 11.8 Å². The number of hydrogen-bond acceptors (Lipinski definition) is 5. The molecular formula is C28H32F3N3O3S. The fourth-order valence-corrected chi connectivity index (χ4v) is 6.33. The fourth-order valence-electron chi connectivity index (χ4n) is 5.22. The SMILES string of the molecule is O=C(NCCCN1CCCC1=O)C1CC1c1ccc(Sc2ccccc2N2CCOCC2)c(C(F)(F)F)c1. The van der Waals surface area contributed by atoms with Gasteiger partial charge in [0.25, 0.3) is 0 Å². The van der Waals surface area contributed by atoms with E-state index in [9.17, 15) is 22.8 Å². The third kappa shape index (κ3) is 6.29. The summed E-state index contributed by atoms with van der Waals surface area (Å²) in [6.07, 6.45) is -1.82. The van der Waals surface area contributed by atoms with Crippen LogP contribution in [-0.4, -0.2) is 62.7 Å². The second-order valence-corrected chi connectivity index (χ2v) is 11.1. The molecule has 0 bridgehead atoms. The van der Waals surface area contributed by atoms with Gasteiger partial charge in [-0.3, -0.25) is 9.59 Å². The van der Waals surface area contributed by atoms with Gasteiger partial charge >= 0.3 is 6.18 Å². The molecule has 5 rings (SSSR count). The summed E-state index contributed by atoms with van der Waals surface area (Å²) < 4.78 is 47.8. The normalized spacial score (nSPS) is 21.6. The van der Waals surface area contributed by atoms with E-state index in [2.05, 4.69) is 10.2 Å². The molecule has 10 heteroatoms. The number of rotatable bonds is 9. The number of para-hydroxylation sites is 1. The Morgan fingerprint density at radius 3 is 2.61 bits per heavy atom. The van der Waals surface area contributed by atoms with Crippen LogP contribution in [0.2, 0.25) is 0 Å². The monoisotopic (exact) mass is 547 g/mol. The molecule has 1 aliphatic carbocycles. The van der Waals surface area contributed by atoms with Crippen LogP contribution in [0.25, 0.3) is 0 Å². The van der Waals surface area contributed by atoms with Gasteiger partial charge in [0.1, 0.15) is 0 Å². The molecule has 2 unspecified atom stereocenters. The number of ether oxygens (including phenoxy) is 1. The van der Waals surface area contributed by atoms with Gasteiger partial charge in [-0.05, 0) is 55.0 Å². The minimum absolute atomic E-state index is 0.130. The van der Waals surface area contributed by atoms with E-state index in [1.54, 1.807) is 12.1 Å². The standard InChI is InChI=1S/C28H32F3N3O3S/c29-28(30,31)22-17-19(20-18-21(20)27(36)32-10-4-12-34-11-3-7-26(34)35)8-9-24(22)38-25-6-2-1-5-23(25)33-13-15-37-16-14-33/h1-2,5-6,8-9,17,20-21H,3-4,7,10-16,18H2,(H,32,36). The molecule has 3 aliphatic rings. The fraction of sp³-hybridized carbons (Fsp3) is 0.500. The number of hydrogen-bond donors (Lipinski definition) is 1. The van der Waals surface area contributed by atoms with E-state index < -0.39 is 11.7 Å². The molecule has 2 aromatic carbocycles. The van der Waals surface area contributed by atoms with Crippen LogP contribution in [0.4, 0.5) is 18.9 Å². The number of nitrogens with one attached hydrogen (secondary N) is 1. The maximum atomic E-state index is 14.1. The van der Waals surface area contributed by atoms with Crippen LogP contribution in [0.1, 0.15) is 42.7 Å². The number of carbonyl (C=O) groups is 2. The molecule has 204 valence electrons. The molecule has 2 atom stereocenters. The molecule has 1 saturated carbocycles. The minimum atomic E-state index is -4.51. The average molecular weight is 548 g/mol. The first-order chi connectivity index (χ1) is 18.3. The first kappa shape index (κ1) is 26.9. The molecule has 2 amide bonds. The Balaban J connectivity index is 1.23. The predicted octanol–water partition coefficient (Wildman–Crippen LogP) is 4.93. The van der Waals surface area contributed by atoms with E-state index in [-0.39, 0.29) is 28.5 Å². The molecule has 3 fully saturated rings. The van der Waals surface area contributed by atoms with E-state index in [1.165, 1.54) is 6.07 Å². The van der Waals surface area contributed by atoms with Crippen molar-refractivity contribution in [1.29, 1.82) is 0 Å². The van der Waals surface area contributed by atoms with Crippen molar-refractivity contribution in [3.05, 3.63) is 53.6 Å². The summed E-state index contributed by atoms with van der Waals surface area (Å²) in [6.45, 7) is 4.43. The second-order valence-electron chi connectivity index (χ2n) is 10.0. The highest BCUT2D eigenvalue weighted by atomic mass is 32.2. The van der Waals surface area contributed by atoms with Crippen LogP contribution in [0, 0.1) is 5.92 Å². The quantitative estimate of drug-likeness (QED) is 0.452.